The summed E-state index contributed by atoms with van der Waals surface area (Å²) in [5.74, 6) is 3.02. The van der Waals surface area contributed by atoms with Crippen LogP contribution >= 0.6 is 0 Å². The van der Waals surface area contributed by atoms with Gasteiger partial charge in [0.1, 0.15) is 5.82 Å². The van der Waals surface area contributed by atoms with E-state index in [1.807, 2.05) is 12.1 Å². The molecular weight excluding hydrogens is 403 g/mol. The molecule has 4 rings (SSSR count). The Labute approximate surface area is 202 Å². The summed E-state index contributed by atoms with van der Waals surface area (Å²) in [6, 6.07) is 14.9. The maximum atomic E-state index is 15.1. The summed E-state index contributed by atoms with van der Waals surface area (Å²) in [6.07, 6.45) is 18.6. The van der Waals surface area contributed by atoms with Crippen LogP contribution in [0.2, 0.25) is 0 Å². The van der Waals surface area contributed by atoms with Crippen molar-refractivity contribution >= 4 is 0 Å². The van der Waals surface area contributed by atoms with Crippen LogP contribution in [0.15, 0.2) is 42.5 Å². The molecule has 33 heavy (non-hydrogen) atoms. The maximum Gasteiger partial charge on any atom is 0.131 e. The third-order valence-electron chi connectivity index (χ3n) is 8.76. The summed E-state index contributed by atoms with van der Waals surface area (Å²) in [4.78, 5) is 0. The maximum absolute atomic E-state index is 15.1. The third-order valence-corrected chi connectivity index (χ3v) is 8.76. The number of rotatable bonds is 9. The van der Waals surface area contributed by atoms with Gasteiger partial charge in [-0.3, -0.25) is 0 Å². The molecule has 2 aromatic carbocycles. The van der Waals surface area contributed by atoms with E-state index in [9.17, 15) is 0 Å². The van der Waals surface area contributed by atoms with Crippen molar-refractivity contribution in [3.8, 4) is 11.1 Å². The molecule has 0 amide bonds. The molecule has 2 saturated carbocycles. The highest BCUT2D eigenvalue weighted by molar-refractivity contribution is 5.65. The lowest BCUT2D eigenvalue weighted by molar-refractivity contribution is 0.302. The van der Waals surface area contributed by atoms with Gasteiger partial charge < -0.3 is 0 Å². The average Bonchev–Trinajstić information content (AvgIpc) is 2.85. The Balaban J connectivity index is 1.34. The molecule has 0 aliphatic heterocycles. The second-order valence-corrected chi connectivity index (χ2v) is 11.1. The molecule has 2 fully saturated rings. The van der Waals surface area contributed by atoms with Crippen molar-refractivity contribution in [2.45, 2.75) is 116 Å². The predicted octanol–water partition coefficient (Wildman–Crippen LogP) is 10.4. The molecule has 0 unspecified atom stereocenters. The van der Waals surface area contributed by atoms with Crippen molar-refractivity contribution in [1.82, 2.24) is 0 Å². The minimum Gasteiger partial charge on any atom is -0.206 e. The van der Waals surface area contributed by atoms with Gasteiger partial charge in [0, 0.05) is 5.56 Å². The van der Waals surface area contributed by atoms with Crippen LogP contribution in [0.3, 0.4) is 0 Å². The fourth-order valence-electron chi connectivity index (χ4n) is 6.61. The van der Waals surface area contributed by atoms with Gasteiger partial charge in [0.25, 0.3) is 0 Å². The van der Waals surface area contributed by atoms with E-state index < -0.39 is 0 Å². The van der Waals surface area contributed by atoms with Crippen LogP contribution in [0.4, 0.5) is 4.39 Å². The lowest BCUT2D eigenvalue weighted by atomic mass is 9.76. The van der Waals surface area contributed by atoms with Crippen LogP contribution in [0.5, 0.6) is 0 Å². The van der Waals surface area contributed by atoms with Gasteiger partial charge in [-0.25, -0.2) is 4.39 Å². The van der Waals surface area contributed by atoms with Crippen molar-refractivity contribution in [3.05, 3.63) is 59.4 Å². The van der Waals surface area contributed by atoms with E-state index in [-0.39, 0.29) is 5.82 Å². The summed E-state index contributed by atoms with van der Waals surface area (Å²) in [6.45, 7) is 4.58. The van der Waals surface area contributed by atoms with E-state index in [1.54, 1.807) is 0 Å². The summed E-state index contributed by atoms with van der Waals surface area (Å²) in [5, 5.41) is 0. The van der Waals surface area contributed by atoms with Gasteiger partial charge in [-0.1, -0.05) is 88.8 Å². The summed E-state index contributed by atoms with van der Waals surface area (Å²) in [5.41, 5.74) is 4.43. The summed E-state index contributed by atoms with van der Waals surface area (Å²) in [7, 11) is 0. The Kier molecular flexibility index (Phi) is 9.04. The van der Waals surface area contributed by atoms with E-state index in [4.69, 9.17) is 0 Å². The molecule has 0 heterocycles. The topological polar surface area (TPSA) is 0 Å². The molecule has 0 nitrogen and oxygen atoms in total. The highest BCUT2D eigenvalue weighted by atomic mass is 19.1. The van der Waals surface area contributed by atoms with Crippen LogP contribution < -0.4 is 0 Å². The van der Waals surface area contributed by atoms with Crippen LogP contribution in [0.1, 0.15) is 127 Å². The predicted molar refractivity (Wildman–Crippen MR) is 140 cm³/mol. The van der Waals surface area contributed by atoms with E-state index >= 15 is 4.39 Å². The van der Waals surface area contributed by atoms with Crippen molar-refractivity contribution in [1.29, 1.82) is 0 Å². The van der Waals surface area contributed by atoms with Gasteiger partial charge in [0.15, 0.2) is 0 Å². The molecule has 0 aromatic heterocycles. The average molecular weight is 449 g/mol. The minimum atomic E-state index is -0.0506. The first kappa shape index (κ1) is 24.5. The smallest absolute Gasteiger partial charge is 0.131 e. The zero-order valence-corrected chi connectivity index (χ0v) is 21.1. The largest absolute Gasteiger partial charge is 0.206 e. The fourth-order valence-corrected chi connectivity index (χ4v) is 6.61. The second kappa shape index (κ2) is 12.2. The van der Waals surface area contributed by atoms with E-state index in [1.165, 1.54) is 101 Å². The molecule has 1 heteroatoms. The molecule has 0 spiro atoms. The Hall–Kier alpha value is -1.63. The number of unbranched alkanes of at least 4 members (excludes halogenated alkanes) is 2. The van der Waals surface area contributed by atoms with Crippen molar-refractivity contribution in [3.63, 3.8) is 0 Å². The number of hydrogen-bond donors (Lipinski definition) is 0. The Morgan fingerprint density at radius 3 is 1.79 bits per heavy atom. The van der Waals surface area contributed by atoms with Crippen molar-refractivity contribution < 1.29 is 4.39 Å². The zero-order valence-electron chi connectivity index (χ0n) is 21.1. The lowest BCUT2D eigenvalue weighted by Gasteiger charge is -2.29. The van der Waals surface area contributed by atoms with Gasteiger partial charge in [0.05, 0.1) is 0 Å². The van der Waals surface area contributed by atoms with E-state index in [2.05, 4.69) is 44.2 Å². The van der Waals surface area contributed by atoms with Crippen LogP contribution in [-0.2, 0) is 0 Å². The first-order valence-electron chi connectivity index (χ1n) is 14.1. The molecule has 0 radical (unpaired) electrons. The van der Waals surface area contributed by atoms with Gasteiger partial charge in [-0.05, 0) is 97.8 Å². The molecule has 0 bridgehead atoms. The van der Waals surface area contributed by atoms with Crippen LogP contribution in [0.25, 0.3) is 11.1 Å². The number of halogens is 1. The molecule has 2 aliphatic rings. The first-order chi connectivity index (χ1) is 16.2. The Morgan fingerprint density at radius 2 is 1.21 bits per heavy atom. The standard InChI is InChI=1S/C32H45F/c1-3-5-6-8-25-11-15-28(16-12-25)30-21-22-31(32(33)23-30)29-19-17-27(18-20-29)26-13-9-24(7-4-2)10-14-26/h17-26,28H,3-16H2,1-2H3/t24-,25-,26-,28-. The summed E-state index contributed by atoms with van der Waals surface area (Å²) >= 11 is 0. The van der Waals surface area contributed by atoms with Gasteiger partial charge in [-0.2, -0.15) is 0 Å². The molecule has 2 aromatic rings. The third kappa shape index (κ3) is 6.49. The highest BCUT2D eigenvalue weighted by Crippen LogP contribution is 2.40. The van der Waals surface area contributed by atoms with Gasteiger partial charge in [-0.15, -0.1) is 0 Å². The Bertz CT molecular complexity index is 835. The molecular formula is C32H45F. The molecule has 2 aliphatic carbocycles. The highest BCUT2D eigenvalue weighted by Gasteiger charge is 2.24. The summed E-state index contributed by atoms with van der Waals surface area (Å²) < 4.78 is 15.1. The fraction of sp³-hybridized carbons (Fsp3) is 0.625. The Morgan fingerprint density at radius 1 is 0.636 bits per heavy atom. The lowest BCUT2D eigenvalue weighted by Crippen LogP contribution is -2.13. The van der Waals surface area contributed by atoms with Crippen LogP contribution in [-0.4, -0.2) is 0 Å². The molecule has 0 atom stereocenters. The quantitative estimate of drug-likeness (QED) is 0.335. The first-order valence-corrected chi connectivity index (χ1v) is 14.1. The van der Waals surface area contributed by atoms with Crippen molar-refractivity contribution in [2.75, 3.05) is 0 Å². The molecule has 0 N–H and O–H groups in total. The van der Waals surface area contributed by atoms with E-state index in [0.29, 0.717) is 11.8 Å². The van der Waals surface area contributed by atoms with E-state index in [0.717, 1.165) is 23.0 Å². The van der Waals surface area contributed by atoms with Gasteiger partial charge in [0.2, 0.25) is 0 Å². The molecule has 0 saturated heterocycles. The number of benzene rings is 2. The zero-order chi connectivity index (χ0) is 23.0. The second-order valence-electron chi connectivity index (χ2n) is 11.1. The van der Waals surface area contributed by atoms with Crippen molar-refractivity contribution in [2.24, 2.45) is 11.8 Å². The molecule has 180 valence electrons. The SMILES string of the molecule is CCCCC[C@H]1CC[C@H](c2ccc(-c3ccc([C@H]4CC[C@H](CCC)CC4)cc3)c(F)c2)CC1. The normalized spacial score (nSPS) is 25.8. The van der Waals surface area contributed by atoms with Gasteiger partial charge >= 0.3 is 0 Å². The minimum absolute atomic E-state index is 0.0506. The van der Waals surface area contributed by atoms with Crippen LogP contribution in [0, 0.1) is 17.7 Å². The monoisotopic (exact) mass is 448 g/mol. The number of hydrogen-bond acceptors (Lipinski definition) is 0.